The van der Waals surface area contributed by atoms with Crippen LogP contribution < -0.4 is 5.32 Å². The maximum atomic E-state index is 12.6. The highest BCUT2D eigenvalue weighted by Crippen LogP contribution is 2.28. The van der Waals surface area contributed by atoms with Gasteiger partial charge in [-0.15, -0.1) is 10.2 Å². The molecule has 2 N–H and O–H groups in total. The van der Waals surface area contributed by atoms with Crippen molar-refractivity contribution in [3.63, 3.8) is 0 Å². The highest BCUT2D eigenvalue weighted by molar-refractivity contribution is 8.00. The van der Waals surface area contributed by atoms with E-state index in [2.05, 4.69) is 15.5 Å². The number of para-hydroxylation sites is 1. The second-order valence-electron chi connectivity index (χ2n) is 6.43. The van der Waals surface area contributed by atoms with Crippen molar-refractivity contribution in [2.45, 2.75) is 31.2 Å². The van der Waals surface area contributed by atoms with Gasteiger partial charge in [-0.2, -0.15) is 0 Å². The number of aromatic hydroxyl groups is 1. The first kappa shape index (κ1) is 19.0. The molecule has 0 bridgehead atoms. The largest absolute Gasteiger partial charge is 0.508 e. The number of hydrogen-bond donors (Lipinski definition) is 2. The number of carbonyl (C=O) groups is 1. The molecule has 1 atom stereocenters. The van der Waals surface area contributed by atoms with Crippen LogP contribution in [0.4, 0.5) is 5.69 Å². The van der Waals surface area contributed by atoms with E-state index in [1.165, 1.54) is 11.8 Å². The SMILES string of the molecule is Cc1cccc(C)c1NC(=O)C(C)Sc1nnc(-c2ccc(O)cc2)n1C. The van der Waals surface area contributed by atoms with Gasteiger partial charge in [0.05, 0.1) is 5.25 Å². The standard InChI is InChI=1S/C20H22N4O2S/c1-12-6-5-7-13(2)17(12)21-19(26)14(3)27-20-23-22-18(24(20)4)15-8-10-16(25)11-9-15/h5-11,14,25H,1-4H3,(H,21,26). The molecule has 0 spiro atoms. The summed E-state index contributed by atoms with van der Waals surface area (Å²) < 4.78 is 1.85. The molecule has 0 aliphatic heterocycles. The quantitative estimate of drug-likeness (QED) is 0.654. The van der Waals surface area contributed by atoms with E-state index in [4.69, 9.17) is 0 Å². The average Bonchev–Trinajstić information content (AvgIpc) is 2.99. The van der Waals surface area contributed by atoms with Crippen LogP contribution in [0.2, 0.25) is 0 Å². The Kier molecular flexibility index (Phi) is 5.51. The van der Waals surface area contributed by atoms with Crippen LogP contribution >= 0.6 is 11.8 Å². The van der Waals surface area contributed by atoms with Crippen LogP contribution in [0.3, 0.4) is 0 Å². The van der Waals surface area contributed by atoms with Gasteiger partial charge in [-0.25, -0.2) is 0 Å². The van der Waals surface area contributed by atoms with E-state index in [0.29, 0.717) is 11.0 Å². The van der Waals surface area contributed by atoms with Gasteiger partial charge in [0.1, 0.15) is 5.75 Å². The Morgan fingerprint density at radius 2 is 1.74 bits per heavy atom. The fraction of sp³-hybridized carbons (Fsp3) is 0.250. The number of thioether (sulfide) groups is 1. The summed E-state index contributed by atoms with van der Waals surface area (Å²) in [6, 6.07) is 12.7. The van der Waals surface area contributed by atoms with Gasteiger partial charge in [-0.1, -0.05) is 30.0 Å². The third-order valence-corrected chi connectivity index (χ3v) is 5.48. The molecule has 1 amide bonds. The Morgan fingerprint density at radius 1 is 1.11 bits per heavy atom. The normalized spacial score (nSPS) is 12.0. The maximum Gasteiger partial charge on any atom is 0.237 e. The fourth-order valence-electron chi connectivity index (χ4n) is 2.73. The molecule has 27 heavy (non-hydrogen) atoms. The molecule has 1 aromatic heterocycles. The van der Waals surface area contributed by atoms with Gasteiger partial charge in [-0.05, 0) is 56.2 Å². The van der Waals surface area contributed by atoms with Crippen LogP contribution in [0.25, 0.3) is 11.4 Å². The van der Waals surface area contributed by atoms with E-state index in [1.807, 2.05) is 50.6 Å². The Hall–Kier alpha value is -2.80. The summed E-state index contributed by atoms with van der Waals surface area (Å²) in [5.74, 6) is 0.804. The molecule has 0 aliphatic carbocycles. The minimum atomic E-state index is -0.334. The van der Waals surface area contributed by atoms with Gasteiger partial charge >= 0.3 is 0 Å². The number of aryl methyl sites for hydroxylation is 2. The number of carbonyl (C=O) groups excluding carboxylic acids is 1. The molecule has 0 fully saturated rings. The number of aromatic nitrogens is 3. The number of nitrogens with one attached hydrogen (secondary N) is 1. The Morgan fingerprint density at radius 3 is 2.37 bits per heavy atom. The molecule has 0 saturated heterocycles. The molecule has 6 nitrogen and oxygen atoms in total. The van der Waals surface area contributed by atoms with Crippen LogP contribution in [0, 0.1) is 13.8 Å². The van der Waals surface area contributed by atoms with E-state index in [0.717, 1.165) is 22.4 Å². The van der Waals surface area contributed by atoms with Gasteiger partial charge in [0.2, 0.25) is 5.91 Å². The van der Waals surface area contributed by atoms with Gasteiger partial charge in [-0.3, -0.25) is 4.79 Å². The Labute approximate surface area is 162 Å². The second-order valence-corrected chi connectivity index (χ2v) is 7.74. The van der Waals surface area contributed by atoms with E-state index >= 15 is 0 Å². The number of hydrogen-bond acceptors (Lipinski definition) is 5. The number of phenols is 1. The van der Waals surface area contributed by atoms with Crippen molar-refractivity contribution in [1.82, 2.24) is 14.8 Å². The number of nitrogens with zero attached hydrogens (tertiary/aromatic N) is 3. The van der Waals surface area contributed by atoms with E-state index in [-0.39, 0.29) is 16.9 Å². The summed E-state index contributed by atoms with van der Waals surface area (Å²) >= 11 is 1.36. The van der Waals surface area contributed by atoms with Crippen molar-refractivity contribution in [2.75, 3.05) is 5.32 Å². The fourth-order valence-corrected chi connectivity index (χ4v) is 3.54. The number of anilines is 1. The molecule has 3 aromatic rings. The summed E-state index contributed by atoms with van der Waals surface area (Å²) in [5, 5.41) is 21.2. The number of amides is 1. The van der Waals surface area contributed by atoms with Crippen LogP contribution in [-0.2, 0) is 11.8 Å². The van der Waals surface area contributed by atoms with Crippen molar-refractivity contribution in [1.29, 1.82) is 0 Å². The van der Waals surface area contributed by atoms with Gasteiger partial charge in [0.25, 0.3) is 0 Å². The molecular weight excluding hydrogens is 360 g/mol. The van der Waals surface area contributed by atoms with Gasteiger partial charge in [0, 0.05) is 18.3 Å². The molecule has 1 unspecified atom stereocenters. The van der Waals surface area contributed by atoms with Crippen molar-refractivity contribution < 1.29 is 9.90 Å². The lowest BCUT2D eigenvalue weighted by Gasteiger charge is -2.15. The van der Waals surface area contributed by atoms with E-state index in [1.54, 1.807) is 24.3 Å². The lowest BCUT2D eigenvalue weighted by Crippen LogP contribution is -2.23. The zero-order valence-corrected chi connectivity index (χ0v) is 16.5. The molecule has 3 rings (SSSR count). The molecule has 7 heteroatoms. The highest BCUT2D eigenvalue weighted by Gasteiger charge is 2.20. The van der Waals surface area contributed by atoms with Crippen LogP contribution in [-0.4, -0.2) is 31.0 Å². The highest BCUT2D eigenvalue weighted by atomic mass is 32.2. The monoisotopic (exact) mass is 382 g/mol. The lowest BCUT2D eigenvalue weighted by atomic mass is 10.1. The first-order valence-corrected chi connectivity index (χ1v) is 9.47. The average molecular weight is 382 g/mol. The molecule has 140 valence electrons. The van der Waals surface area contributed by atoms with E-state index in [9.17, 15) is 9.90 Å². The van der Waals surface area contributed by atoms with Crippen molar-refractivity contribution in [3.05, 3.63) is 53.6 Å². The third kappa shape index (κ3) is 4.14. The summed E-state index contributed by atoms with van der Waals surface area (Å²) in [6.07, 6.45) is 0. The predicted molar refractivity (Wildman–Crippen MR) is 108 cm³/mol. The molecule has 1 heterocycles. The molecule has 0 saturated carbocycles. The number of phenolic OH excluding ortho intramolecular Hbond substituents is 1. The zero-order valence-electron chi connectivity index (χ0n) is 15.7. The lowest BCUT2D eigenvalue weighted by molar-refractivity contribution is -0.115. The van der Waals surface area contributed by atoms with Gasteiger partial charge in [0.15, 0.2) is 11.0 Å². The molecule has 2 aromatic carbocycles. The second kappa shape index (κ2) is 7.84. The van der Waals surface area contributed by atoms with Crippen LogP contribution in [0.5, 0.6) is 5.75 Å². The third-order valence-electron chi connectivity index (χ3n) is 4.34. The van der Waals surface area contributed by atoms with Crippen LogP contribution in [0.1, 0.15) is 18.1 Å². The summed E-state index contributed by atoms with van der Waals surface area (Å²) in [7, 11) is 1.86. The number of benzene rings is 2. The Bertz CT molecular complexity index is 946. The number of rotatable bonds is 5. The summed E-state index contributed by atoms with van der Waals surface area (Å²) in [4.78, 5) is 12.6. The van der Waals surface area contributed by atoms with Crippen molar-refractivity contribution in [2.24, 2.45) is 7.05 Å². The first-order chi connectivity index (χ1) is 12.9. The molecule has 0 radical (unpaired) electrons. The van der Waals surface area contributed by atoms with E-state index < -0.39 is 0 Å². The van der Waals surface area contributed by atoms with Crippen molar-refractivity contribution in [3.8, 4) is 17.1 Å². The smallest absolute Gasteiger partial charge is 0.237 e. The first-order valence-electron chi connectivity index (χ1n) is 8.59. The summed E-state index contributed by atoms with van der Waals surface area (Å²) in [6.45, 7) is 5.81. The van der Waals surface area contributed by atoms with Crippen LogP contribution in [0.15, 0.2) is 47.6 Å². The minimum absolute atomic E-state index is 0.0772. The Balaban J connectivity index is 1.73. The minimum Gasteiger partial charge on any atom is -0.508 e. The van der Waals surface area contributed by atoms with Gasteiger partial charge < -0.3 is 15.0 Å². The topological polar surface area (TPSA) is 80.0 Å². The van der Waals surface area contributed by atoms with Crippen molar-refractivity contribution >= 4 is 23.4 Å². The predicted octanol–water partition coefficient (Wildman–Crippen LogP) is 3.92. The molecular formula is C20H22N4O2S. The summed E-state index contributed by atoms with van der Waals surface area (Å²) in [5.41, 5.74) is 3.78. The zero-order chi connectivity index (χ0) is 19.6. The maximum absolute atomic E-state index is 12.6. The molecule has 0 aliphatic rings.